The highest BCUT2D eigenvalue weighted by Crippen LogP contribution is 2.38. The van der Waals surface area contributed by atoms with E-state index in [-0.39, 0.29) is 48.9 Å². The minimum absolute atomic E-state index is 0.0359. The van der Waals surface area contributed by atoms with Crippen molar-refractivity contribution in [2.75, 3.05) is 25.4 Å². The number of nitrogens with one attached hydrogen (secondary N) is 2. The Kier molecular flexibility index (Phi) is 15.0. The van der Waals surface area contributed by atoms with Crippen molar-refractivity contribution in [3.63, 3.8) is 0 Å². The third kappa shape index (κ3) is 11.7. The Hall–Kier alpha value is -6.49. The predicted octanol–water partition coefficient (Wildman–Crippen LogP) is 7.72. The Balaban J connectivity index is 0.720. The van der Waals surface area contributed by atoms with Crippen molar-refractivity contribution in [2.45, 2.75) is 116 Å². The van der Waals surface area contributed by atoms with E-state index in [2.05, 4.69) is 60.1 Å². The molecule has 1 aliphatic carbocycles. The lowest BCUT2D eigenvalue weighted by Crippen LogP contribution is -2.58. The average Bonchev–Trinajstić information content (AvgIpc) is 4.13. The van der Waals surface area contributed by atoms with Crippen molar-refractivity contribution in [2.24, 2.45) is 17.3 Å². The van der Waals surface area contributed by atoms with E-state index >= 15 is 0 Å². The van der Waals surface area contributed by atoms with Gasteiger partial charge in [-0.3, -0.25) is 24.0 Å². The predicted molar refractivity (Wildman–Crippen MR) is 276 cm³/mol. The Morgan fingerprint density at radius 2 is 1.59 bits per heavy atom. The maximum absolute atomic E-state index is 14.3. The van der Waals surface area contributed by atoms with Gasteiger partial charge in [0, 0.05) is 61.4 Å². The fourth-order valence-corrected chi connectivity index (χ4v) is 11.3. The third-order valence-electron chi connectivity index (χ3n) is 14.7. The van der Waals surface area contributed by atoms with Crippen LogP contribution in [0.1, 0.15) is 94.0 Å². The number of rotatable bonds is 14. The summed E-state index contributed by atoms with van der Waals surface area (Å²) >= 11 is 1.59. The van der Waals surface area contributed by atoms with E-state index in [0.717, 1.165) is 97.5 Å². The smallest absolute Gasteiger partial charge is 0.246 e. The molecule has 0 bridgehead atoms. The second-order valence-corrected chi connectivity index (χ2v) is 21.7. The number of nitrogens with zero attached hydrogens (tertiary/aromatic N) is 7. The number of nitrogen functional groups attached to an aromatic ring is 1. The van der Waals surface area contributed by atoms with Gasteiger partial charge >= 0.3 is 0 Å². The molecule has 0 spiro atoms. The second kappa shape index (κ2) is 21.5. The number of phenolic OH excluding ortho intramolecular Hbond substituents is 1. The molecule has 1 saturated carbocycles. The van der Waals surface area contributed by atoms with Gasteiger partial charge in [0.05, 0.1) is 34.1 Å². The monoisotopic (exact) mass is 978 g/mol. The number of aliphatic hydroxyl groups is 1. The Morgan fingerprint density at radius 3 is 2.28 bits per heavy atom. The van der Waals surface area contributed by atoms with Crippen LogP contribution in [0.2, 0.25) is 0 Å². The molecule has 2 saturated heterocycles. The summed E-state index contributed by atoms with van der Waals surface area (Å²) in [5, 5.41) is 40.2. The summed E-state index contributed by atoms with van der Waals surface area (Å²) in [4.78, 5) is 51.2. The van der Waals surface area contributed by atoms with E-state index in [1.54, 1.807) is 29.5 Å². The SMILES string of the molecule is Cc1ncsc1-c1ccc(CNC(=O)[C@@H]2C[C@@H](O)CN2C(=O)[C@@H](NC(=O)C2CCC(c3ccc(CN4CCC(Cn5cc(-c6cc(-c7ccccc7O)nnc6N)cn5)CC4)cc3)CC2)C(C)(C)C)cc1. The fraction of sp³-hybridized carbons (Fsp3) is 0.436. The number of carbonyl (C=O) groups is 3. The van der Waals surface area contributed by atoms with E-state index in [0.29, 0.717) is 28.9 Å². The number of aromatic hydroxyl groups is 1. The van der Waals surface area contributed by atoms with Crippen molar-refractivity contribution in [1.82, 2.24) is 45.4 Å². The summed E-state index contributed by atoms with van der Waals surface area (Å²) in [5.41, 5.74) is 15.7. The first-order chi connectivity index (χ1) is 34.2. The van der Waals surface area contributed by atoms with Crippen LogP contribution in [0.5, 0.6) is 5.75 Å². The van der Waals surface area contributed by atoms with Gasteiger partial charge in [0.15, 0.2) is 5.82 Å². The van der Waals surface area contributed by atoms with Crippen molar-refractivity contribution in [1.29, 1.82) is 0 Å². The molecule has 15 nitrogen and oxygen atoms in total. The molecule has 6 N–H and O–H groups in total. The van der Waals surface area contributed by atoms with Gasteiger partial charge in [-0.15, -0.1) is 21.5 Å². The molecule has 3 aliphatic rings. The van der Waals surface area contributed by atoms with Crippen LogP contribution >= 0.6 is 11.3 Å². The summed E-state index contributed by atoms with van der Waals surface area (Å²) in [6.07, 6.45) is 8.52. The lowest BCUT2D eigenvalue weighted by Gasteiger charge is -2.37. The summed E-state index contributed by atoms with van der Waals surface area (Å²) in [6.45, 7) is 11.8. The second-order valence-electron chi connectivity index (χ2n) is 20.9. The molecule has 2 aliphatic heterocycles. The number of hydrogen-bond acceptors (Lipinski definition) is 12. The Bertz CT molecular complexity index is 2810. The number of para-hydroxylation sites is 1. The highest BCUT2D eigenvalue weighted by atomic mass is 32.1. The molecule has 5 heterocycles. The number of benzene rings is 3. The zero-order chi connectivity index (χ0) is 49.8. The molecule has 372 valence electrons. The number of thiazole rings is 1. The minimum atomic E-state index is -0.858. The standard InChI is InChI=1S/C55H66N10O5S/c1-34-49(71-33-58-34)40-15-9-35(10-16-40)27-57-53(69)47-25-43(66)32-65(47)54(70)50(55(2,3)4)60-52(68)41-19-17-39(18-20-41)38-13-11-36(12-14-38)29-63-23-21-37(22-24-63)30-64-31-42(28-59-64)45-26-46(61-62-51(45)56)44-7-5-6-8-48(44)67/h5-16,26,28,31,33,37,39,41,43,47,50,66-67H,17-25,27,29-30,32H2,1-4H3,(H2,56,62)(H,57,69)(H,60,68)/t39?,41?,43-,47+,50-/m1/s1. The highest BCUT2D eigenvalue weighted by Gasteiger charge is 2.45. The molecule has 9 rings (SSSR count). The van der Waals surface area contributed by atoms with Gasteiger partial charge < -0.3 is 31.5 Å². The molecular weight excluding hydrogens is 913 g/mol. The van der Waals surface area contributed by atoms with Gasteiger partial charge in [-0.05, 0) is 116 Å². The summed E-state index contributed by atoms with van der Waals surface area (Å²) < 4.78 is 1.99. The number of amides is 3. The quantitative estimate of drug-likeness (QED) is 0.0715. The number of piperidine rings is 1. The van der Waals surface area contributed by atoms with E-state index in [4.69, 9.17) is 5.73 Å². The topological polar surface area (TPSA) is 205 Å². The molecule has 3 atom stereocenters. The van der Waals surface area contributed by atoms with Crippen LogP contribution in [-0.2, 0) is 34.0 Å². The third-order valence-corrected chi connectivity index (χ3v) is 15.7. The highest BCUT2D eigenvalue weighted by molar-refractivity contribution is 7.13. The Labute approximate surface area is 419 Å². The number of aromatic nitrogens is 5. The maximum atomic E-state index is 14.3. The molecule has 16 heteroatoms. The summed E-state index contributed by atoms with van der Waals surface area (Å²) in [7, 11) is 0. The van der Waals surface area contributed by atoms with Gasteiger partial charge in [-0.2, -0.15) is 5.10 Å². The fourth-order valence-electron chi connectivity index (χ4n) is 10.5. The zero-order valence-electron chi connectivity index (χ0n) is 41.1. The van der Waals surface area contributed by atoms with E-state index in [9.17, 15) is 24.6 Å². The molecule has 0 unspecified atom stereocenters. The first-order valence-electron chi connectivity index (χ1n) is 25.0. The number of anilines is 1. The number of aryl methyl sites for hydroxylation is 1. The van der Waals surface area contributed by atoms with Crippen LogP contribution in [0.15, 0.2) is 96.8 Å². The van der Waals surface area contributed by atoms with Crippen molar-refractivity contribution >= 4 is 34.9 Å². The van der Waals surface area contributed by atoms with Crippen LogP contribution in [-0.4, -0.2) is 101 Å². The number of hydrogen-bond donors (Lipinski definition) is 5. The number of phenols is 1. The van der Waals surface area contributed by atoms with Crippen molar-refractivity contribution in [3.8, 4) is 38.6 Å². The van der Waals surface area contributed by atoms with Crippen LogP contribution < -0.4 is 16.4 Å². The van der Waals surface area contributed by atoms with Crippen LogP contribution in [0.3, 0.4) is 0 Å². The maximum Gasteiger partial charge on any atom is 0.246 e. The van der Waals surface area contributed by atoms with Gasteiger partial charge in [-0.25, -0.2) is 4.98 Å². The van der Waals surface area contributed by atoms with Crippen molar-refractivity contribution in [3.05, 3.63) is 119 Å². The number of nitrogens with two attached hydrogens (primary N) is 1. The minimum Gasteiger partial charge on any atom is -0.507 e. The average molecular weight is 979 g/mol. The molecule has 0 radical (unpaired) electrons. The molecule has 3 aromatic carbocycles. The number of β-amino-alcohol motifs (C(OH)–C–C–N with tert-alkyl or cyclic N) is 1. The molecule has 3 fully saturated rings. The van der Waals surface area contributed by atoms with Crippen LogP contribution in [0.25, 0.3) is 32.8 Å². The molecule has 6 aromatic rings. The zero-order valence-corrected chi connectivity index (χ0v) is 41.9. The molecule has 71 heavy (non-hydrogen) atoms. The van der Waals surface area contributed by atoms with E-state index in [1.807, 2.05) is 86.7 Å². The van der Waals surface area contributed by atoms with Crippen LogP contribution in [0.4, 0.5) is 5.82 Å². The largest absolute Gasteiger partial charge is 0.507 e. The Morgan fingerprint density at radius 1 is 0.873 bits per heavy atom. The normalized spacial score (nSPS) is 20.4. The molecule has 3 amide bonds. The first kappa shape index (κ1) is 49.5. The first-order valence-corrected chi connectivity index (χ1v) is 25.9. The van der Waals surface area contributed by atoms with E-state index in [1.165, 1.54) is 16.0 Å². The lowest BCUT2D eigenvalue weighted by atomic mass is 9.77. The lowest BCUT2D eigenvalue weighted by molar-refractivity contribution is -0.144. The summed E-state index contributed by atoms with van der Waals surface area (Å²) in [5.74, 6) is 0.316. The molecule has 3 aromatic heterocycles. The van der Waals surface area contributed by atoms with Crippen molar-refractivity contribution < 1.29 is 24.6 Å². The number of aliphatic hydroxyl groups excluding tert-OH is 1. The molecular formula is C55H66N10O5S. The van der Waals surface area contributed by atoms with E-state index < -0.39 is 23.6 Å². The summed E-state index contributed by atoms with van der Waals surface area (Å²) in [6, 6.07) is 24.2. The number of likely N-dealkylation sites (tertiary alicyclic amines) is 2. The van der Waals surface area contributed by atoms with Gasteiger partial charge in [0.25, 0.3) is 0 Å². The van der Waals surface area contributed by atoms with Gasteiger partial charge in [0.2, 0.25) is 17.7 Å². The number of carbonyl (C=O) groups excluding carboxylic acids is 3. The van der Waals surface area contributed by atoms with Crippen LogP contribution in [0, 0.1) is 24.2 Å². The van der Waals surface area contributed by atoms with Gasteiger partial charge in [-0.1, -0.05) is 81.4 Å². The van der Waals surface area contributed by atoms with Gasteiger partial charge in [0.1, 0.15) is 17.8 Å².